The molecular weight excluding hydrogens is 272 g/mol. The smallest absolute Gasteiger partial charge is 0.303 e. The van der Waals surface area contributed by atoms with E-state index in [2.05, 4.69) is 18.7 Å². The lowest BCUT2D eigenvalue weighted by atomic mass is 10.1. The Morgan fingerprint density at radius 1 is 0.727 bits per heavy atom. The molecule has 0 fully saturated rings. The quantitative estimate of drug-likeness (QED) is 0.316. The number of rotatable bonds is 14. The first-order chi connectivity index (χ1) is 10.8. The lowest BCUT2D eigenvalue weighted by Gasteiger charge is -1.99. The summed E-state index contributed by atoms with van der Waals surface area (Å²) in [6.07, 6.45) is 27.4. The minimum atomic E-state index is -0.676. The van der Waals surface area contributed by atoms with Crippen LogP contribution in [-0.2, 0) is 4.79 Å². The van der Waals surface area contributed by atoms with Crippen LogP contribution < -0.4 is 0 Å². The zero-order valence-electron chi connectivity index (χ0n) is 13.6. The van der Waals surface area contributed by atoms with Gasteiger partial charge in [0.15, 0.2) is 0 Å². The van der Waals surface area contributed by atoms with Crippen molar-refractivity contribution in [3.05, 3.63) is 61.3 Å². The fourth-order valence-electron chi connectivity index (χ4n) is 2.00. The van der Waals surface area contributed by atoms with Crippen molar-refractivity contribution in [2.45, 2.75) is 57.8 Å². The van der Waals surface area contributed by atoms with Crippen molar-refractivity contribution in [2.24, 2.45) is 0 Å². The van der Waals surface area contributed by atoms with E-state index < -0.39 is 5.97 Å². The minimum Gasteiger partial charge on any atom is -0.481 e. The van der Waals surface area contributed by atoms with Crippen molar-refractivity contribution in [1.82, 2.24) is 0 Å². The van der Waals surface area contributed by atoms with E-state index in [1.165, 1.54) is 32.1 Å². The summed E-state index contributed by atoms with van der Waals surface area (Å²) in [5, 5.41) is 8.52. The number of aliphatic carboxylic acids is 1. The van der Waals surface area contributed by atoms with E-state index in [9.17, 15) is 4.79 Å². The predicted molar refractivity (Wildman–Crippen MR) is 95.9 cm³/mol. The molecule has 0 aromatic carbocycles. The number of carbonyl (C=O) groups is 1. The summed E-state index contributed by atoms with van der Waals surface area (Å²) >= 11 is 0. The van der Waals surface area contributed by atoms with Gasteiger partial charge in [-0.15, -0.1) is 0 Å². The third-order valence-corrected chi connectivity index (χ3v) is 3.20. The van der Waals surface area contributed by atoms with Gasteiger partial charge in [0.25, 0.3) is 0 Å². The first kappa shape index (κ1) is 20.2. The number of carboxylic acid groups (broad SMARTS) is 1. The molecule has 0 aliphatic heterocycles. The van der Waals surface area contributed by atoms with E-state index in [1.54, 1.807) is 6.08 Å². The molecule has 0 rings (SSSR count). The Hall–Kier alpha value is -1.83. The normalized spacial score (nSPS) is 12.2. The Balaban J connectivity index is 3.31. The highest BCUT2D eigenvalue weighted by atomic mass is 16.4. The molecule has 0 radical (unpaired) electrons. The molecule has 0 amide bonds. The Morgan fingerprint density at radius 3 is 1.82 bits per heavy atom. The van der Waals surface area contributed by atoms with Gasteiger partial charge in [0.1, 0.15) is 0 Å². The molecule has 0 aromatic heterocycles. The maximum absolute atomic E-state index is 10.3. The average Bonchev–Trinajstić information content (AvgIpc) is 2.50. The summed E-state index contributed by atoms with van der Waals surface area (Å²) in [7, 11) is 0. The van der Waals surface area contributed by atoms with Crippen LogP contribution in [0.5, 0.6) is 0 Å². The zero-order chi connectivity index (χ0) is 16.3. The number of unbranched alkanes of at least 4 members (excludes halogenated alkanes) is 7. The average molecular weight is 302 g/mol. The van der Waals surface area contributed by atoms with Crippen LogP contribution in [0.4, 0.5) is 0 Å². The molecule has 0 aliphatic rings. The molecule has 0 atom stereocenters. The molecular formula is C20H30O2. The number of carboxylic acids is 1. The van der Waals surface area contributed by atoms with Crippen LogP contribution in [0.1, 0.15) is 57.8 Å². The van der Waals surface area contributed by atoms with E-state index >= 15 is 0 Å². The van der Waals surface area contributed by atoms with Crippen LogP contribution in [0.2, 0.25) is 0 Å². The van der Waals surface area contributed by atoms with Crippen LogP contribution in [0, 0.1) is 0 Å². The first-order valence-corrected chi connectivity index (χ1v) is 8.26. The van der Waals surface area contributed by atoms with Gasteiger partial charge in [0, 0.05) is 6.42 Å². The van der Waals surface area contributed by atoms with Gasteiger partial charge >= 0.3 is 5.97 Å². The van der Waals surface area contributed by atoms with Gasteiger partial charge in [-0.3, -0.25) is 4.79 Å². The third-order valence-electron chi connectivity index (χ3n) is 3.20. The Bertz CT molecular complexity index is 387. The van der Waals surface area contributed by atoms with E-state index in [0.29, 0.717) is 6.42 Å². The van der Waals surface area contributed by atoms with Gasteiger partial charge in [-0.1, -0.05) is 93.4 Å². The second-order valence-electron chi connectivity index (χ2n) is 5.23. The third kappa shape index (κ3) is 18.2. The fourth-order valence-corrected chi connectivity index (χ4v) is 2.00. The highest BCUT2D eigenvalue weighted by molar-refractivity contribution is 5.66. The SMILES string of the molecule is C=CC=CC=CC=CC=CCCCCCCCCCC(=O)O. The maximum atomic E-state index is 10.3. The molecule has 0 spiro atoms. The summed E-state index contributed by atoms with van der Waals surface area (Å²) in [6.45, 7) is 3.60. The molecule has 0 heterocycles. The van der Waals surface area contributed by atoms with Crippen molar-refractivity contribution in [3.63, 3.8) is 0 Å². The number of allylic oxidation sites excluding steroid dienone is 9. The summed E-state index contributed by atoms with van der Waals surface area (Å²) in [4.78, 5) is 10.3. The van der Waals surface area contributed by atoms with Gasteiger partial charge in [-0.2, -0.15) is 0 Å². The molecule has 2 heteroatoms. The standard InChI is InChI=1S/C20H30O2/c1-2-3-4-5-6-7-8-9-10-11-12-13-14-15-16-17-18-19-20(21)22/h2-10H,1,11-19H2,(H,21,22). The van der Waals surface area contributed by atoms with Gasteiger partial charge < -0.3 is 5.11 Å². The van der Waals surface area contributed by atoms with Gasteiger partial charge in [-0.25, -0.2) is 0 Å². The molecule has 0 saturated carbocycles. The van der Waals surface area contributed by atoms with Crippen molar-refractivity contribution >= 4 is 5.97 Å². The second-order valence-corrected chi connectivity index (χ2v) is 5.23. The van der Waals surface area contributed by atoms with Gasteiger partial charge in [0.2, 0.25) is 0 Å². The fraction of sp³-hybridized carbons (Fsp3) is 0.450. The van der Waals surface area contributed by atoms with Crippen LogP contribution in [0.25, 0.3) is 0 Å². The molecule has 0 saturated heterocycles. The molecule has 0 unspecified atom stereocenters. The van der Waals surface area contributed by atoms with Gasteiger partial charge in [-0.05, 0) is 19.3 Å². The molecule has 1 N–H and O–H groups in total. The Morgan fingerprint density at radius 2 is 1.23 bits per heavy atom. The maximum Gasteiger partial charge on any atom is 0.303 e. The molecule has 122 valence electrons. The topological polar surface area (TPSA) is 37.3 Å². The Labute approximate surface area is 135 Å². The molecule has 0 bridgehead atoms. The monoisotopic (exact) mass is 302 g/mol. The zero-order valence-corrected chi connectivity index (χ0v) is 13.6. The molecule has 0 aromatic rings. The van der Waals surface area contributed by atoms with Crippen LogP contribution in [0.15, 0.2) is 61.3 Å². The largest absolute Gasteiger partial charge is 0.481 e. The summed E-state index contributed by atoms with van der Waals surface area (Å²) < 4.78 is 0. The second kappa shape index (κ2) is 17.2. The minimum absolute atomic E-state index is 0.318. The van der Waals surface area contributed by atoms with Gasteiger partial charge in [0.05, 0.1) is 0 Å². The highest BCUT2D eigenvalue weighted by Crippen LogP contribution is 2.09. The highest BCUT2D eigenvalue weighted by Gasteiger charge is 1.96. The van der Waals surface area contributed by atoms with Crippen LogP contribution >= 0.6 is 0 Å². The van der Waals surface area contributed by atoms with Crippen molar-refractivity contribution in [2.75, 3.05) is 0 Å². The molecule has 22 heavy (non-hydrogen) atoms. The van der Waals surface area contributed by atoms with Crippen LogP contribution in [-0.4, -0.2) is 11.1 Å². The molecule has 2 nitrogen and oxygen atoms in total. The lowest BCUT2D eigenvalue weighted by molar-refractivity contribution is -0.137. The summed E-state index contributed by atoms with van der Waals surface area (Å²) in [6, 6.07) is 0. The number of hydrogen-bond acceptors (Lipinski definition) is 1. The van der Waals surface area contributed by atoms with E-state index in [1.807, 2.05) is 36.5 Å². The van der Waals surface area contributed by atoms with Crippen molar-refractivity contribution < 1.29 is 9.90 Å². The van der Waals surface area contributed by atoms with E-state index in [4.69, 9.17) is 5.11 Å². The summed E-state index contributed by atoms with van der Waals surface area (Å²) in [5.74, 6) is -0.676. The Kier molecular flexibility index (Phi) is 15.8. The summed E-state index contributed by atoms with van der Waals surface area (Å²) in [5.41, 5.74) is 0. The van der Waals surface area contributed by atoms with E-state index in [0.717, 1.165) is 19.3 Å². The number of hydrogen-bond donors (Lipinski definition) is 1. The molecule has 0 aliphatic carbocycles. The predicted octanol–water partition coefficient (Wildman–Crippen LogP) is 5.99. The van der Waals surface area contributed by atoms with Crippen LogP contribution in [0.3, 0.4) is 0 Å². The van der Waals surface area contributed by atoms with E-state index in [-0.39, 0.29) is 0 Å². The van der Waals surface area contributed by atoms with Crippen molar-refractivity contribution in [3.8, 4) is 0 Å². The lowest BCUT2D eigenvalue weighted by Crippen LogP contribution is -1.93. The van der Waals surface area contributed by atoms with Crippen molar-refractivity contribution in [1.29, 1.82) is 0 Å². The first-order valence-electron chi connectivity index (χ1n) is 8.26.